The molecule has 0 aromatic carbocycles. The fraction of sp³-hybridized carbons (Fsp3) is 0.800. The normalized spacial score (nSPS) is 13.0. The third kappa shape index (κ3) is 5.32. The van der Waals surface area contributed by atoms with E-state index in [2.05, 4.69) is 20.4 Å². The Bertz CT molecular complexity index is 107. The zero-order chi connectivity index (χ0) is 8.69. The summed E-state index contributed by atoms with van der Waals surface area (Å²) in [5.74, 6) is 0. The average molecular weight is 175 g/mol. The van der Waals surface area contributed by atoms with E-state index >= 15 is 0 Å². The van der Waals surface area contributed by atoms with E-state index in [0.29, 0.717) is 0 Å². The van der Waals surface area contributed by atoms with Crippen LogP contribution in [-0.2, 0) is 0 Å². The molecule has 0 saturated carbocycles. The van der Waals surface area contributed by atoms with Crippen LogP contribution in [-0.4, -0.2) is 5.38 Å². The van der Waals surface area contributed by atoms with Gasteiger partial charge < -0.3 is 0 Å². The second-order valence-corrected chi connectivity index (χ2v) is 3.52. The SMILES string of the molecule is C=C(CCCCC)C(Cl)CC. The Morgan fingerprint density at radius 3 is 2.45 bits per heavy atom. The molecule has 0 amide bonds. The molecule has 0 N–H and O–H groups in total. The maximum absolute atomic E-state index is 6.00. The minimum atomic E-state index is 0.201. The number of unbranched alkanes of at least 4 members (excludes halogenated alkanes) is 2. The number of hydrogen-bond donors (Lipinski definition) is 0. The second-order valence-electron chi connectivity index (χ2n) is 2.99. The molecule has 0 aliphatic rings. The summed E-state index contributed by atoms with van der Waals surface area (Å²) in [6, 6.07) is 0. The van der Waals surface area contributed by atoms with Crippen LogP contribution in [0.3, 0.4) is 0 Å². The Morgan fingerprint density at radius 1 is 1.36 bits per heavy atom. The molecule has 11 heavy (non-hydrogen) atoms. The predicted octanol–water partition coefficient (Wildman–Crippen LogP) is 4.14. The highest BCUT2D eigenvalue weighted by Crippen LogP contribution is 2.17. The molecule has 0 bridgehead atoms. The first-order chi connectivity index (χ1) is 5.22. The van der Waals surface area contributed by atoms with Crippen molar-refractivity contribution in [3.05, 3.63) is 12.2 Å². The van der Waals surface area contributed by atoms with Crippen LogP contribution in [0.5, 0.6) is 0 Å². The van der Waals surface area contributed by atoms with Gasteiger partial charge in [0.2, 0.25) is 0 Å². The minimum Gasteiger partial charge on any atom is -0.118 e. The zero-order valence-corrected chi connectivity index (χ0v) is 8.45. The molecule has 0 radical (unpaired) electrons. The number of allylic oxidation sites excluding steroid dienone is 1. The summed E-state index contributed by atoms with van der Waals surface area (Å²) in [5, 5.41) is 0.201. The molecular weight excluding hydrogens is 156 g/mol. The van der Waals surface area contributed by atoms with Gasteiger partial charge in [0.1, 0.15) is 0 Å². The molecule has 1 heteroatoms. The van der Waals surface area contributed by atoms with Gasteiger partial charge in [0.05, 0.1) is 5.38 Å². The Hall–Kier alpha value is 0.0300. The van der Waals surface area contributed by atoms with E-state index in [1.165, 1.54) is 24.8 Å². The Kier molecular flexibility index (Phi) is 6.74. The van der Waals surface area contributed by atoms with Crippen molar-refractivity contribution in [1.29, 1.82) is 0 Å². The van der Waals surface area contributed by atoms with E-state index in [4.69, 9.17) is 11.6 Å². The fourth-order valence-corrected chi connectivity index (χ4v) is 1.16. The lowest BCUT2D eigenvalue weighted by atomic mass is 10.0. The van der Waals surface area contributed by atoms with Crippen LogP contribution in [0.1, 0.15) is 46.0 Å². The predicted molar refractivity (Wildman–Crippen MR) is 53.2 cm³/mol. The third-order valence-corrected chi connectivity index (χ3v) is 2.52. The average Bonchev–Trinajstić information content (AvgIpc) is 2.03. The number of hydrogen-bond acceptors (Lipinski definition) is 0. The molecule has 0 rings (SSSR count). The fourth-order valence-electron chi connectivity index (χ4n) is 1.05. The maximum atomic E-state index is 6.00. The van der Waals surface area contributed by atoms with Gasteiger partial charge in [-0.2, -0.15) is 0 Å². The van der Waals surface area contributed by atoms with Crippen LogP contribution in [0.15, 0.2) is 12.2 Å². The summed E-state index contributed by atoms with van der Waals surface area (Å²) in [6.45, 7) is 8.27. The number of rotatable bonds is 6. The van der Waals surface area contributed by atoms with Crippen molar-refractivity contribution in [1.82, 2.24) is 0 Å². The quantitative estimate of drug-likeness (QED) is 0.323. The standard InChI is InChI=1S/C10H19Cl/c1-4-6-7-8-9(3)10(11)5-2/h10H,3-8H2,1-2H3. The zero-order valence-electron chi connectivity index (χ0n) is 7.70. The molecule has 0 aliphatic carbocycles. The topological polar surface area (TPSA) is 0 Å². The van der Waals surface area contributed by atoms with E-state index in [1.54, 1.807) is 0 Å². The Morgan fingerprint density at radius 2 is 2.00 bits per heavy atom. The smallest absolute Gasteiger partial charge is 0.0540 e. The van der Waals surface area contributed by atoms with Crippen LogP contribution in [0.2, 0.25) is 0 Å². The van der Waals surface area contributed by atoms with Gasteiger partial charge in [-0.3, -0.25) is 0 Å². The molecule has 1 unspecified atom stereocenters. The summed E-state index contributed by atoms with van der Waals surface area (Å²) in [6.07, 6.45) is 5.93. The van der Waals surface area contributed by atoms with Gasteiger partial charge >= 0.3 is 0 Å². The van der Waals surface area contributed by atoms with Crippen molar-refractivity contribution >= 4 is 11.6 Å². The highest BCUT2D eigenvalue weighted by atomic mass is 35.5. The van der Waals surface area contributed by atoms with Gasteiger partial charge in [0.15, 0.2) is 0 Å². The maximum Gasteiger partial charge on any atom is 0.0540 e. The van der Waals surface area contributed by atoms with Crippen molar-refractivity contribution < 1.29 is 0 Å². The van der Waals surface area contributed by atoms with Gasteiger partial charge in [-0.1, -0.05) is 38.8 Å². The van der Waals surface area contributed by atoms with Gasteiger partial charge in [-0.05, 0) is 19.3 Å². The van der Waals surface area contributed by atoms with Crippen molar-refractivity contribution in [2.75, 3.05) is 0 Å². The molecule has 0 fully saturated rings. The number of halogens is 1. The molecule has 0 heterocycles. The van der Waals surface area contributed by atoms with Crippen molar-refractivity contribution in [3.63, 3.8) is 0 Å². The summed E-state index contributed by atoms with van der Waals surface area (Å²) >= 11 is 6.00. The highest BCUT2D eigenvalue weighted by molar-refractivity contribution is 6.22. The summed E-state index contributed by atoms with van der Waals surface area (Å²) in [5.41, 5.74) is 1.21. The molecular formula is C10H19Cl. The van der Waals surface area contributed by atoms with E-state index in [9.17, 15) is 0 Å². The monoisotopic (exact) mass is 174 g/mol. The first-order valence-electron chi connectivity index (χ1n) is 4.54. The molecule has 0 nitrogen and oxygen atoms in total. The molecule has 1 atom stereocenters. The molecule has 0 aliphatic heterocycles. The van der Waals surface area contributed by atoms with Crippen LogP contribution in [0.4, 0.5) is 0 Å². The first kappa shape index (κ1) is 11.0. The first-order valence-corrected chi connectivity index (χ1v) is 4.97. The van der Waals surface area contributed by atoms with Gasteiger partial charge in [-0.15, -0.1) is 11.6 Å². The van der Waals surface area contributed by atoms with E-state index < -0.39 is 0 Å². The van der Waals surface area contributed by atoms with Crippen LogP contribution >= 0.6 is 11.6 Å². The summed E-state index contributed by atoms with van der Waals surface area (Å²) in [7, 11) is 0. The van der Waals surface area contributed by atoms with E-state index in [-0.39, 0.29) is 5.38 Å². The van der Waals surface area contributed by atoms with Crippen LogP contribution in [0.25, 0.3) is 0 Å². The lowest BCUT2D eigenvalue weighted by Gasteiger charge is -2.09. The Labute approximate surface area is 75.6 Å². The van der Waals surface area contributed by atoms with Crippen molar-refractivity contribution in [2.45, 2.75) is 51.3 Å². The third-order valence-electron chi connectivity index (χ3n) is 1.90. The van der Waals surface area contributed by atoms with Crippen molar-refractivity contribution in [3.8, 4) is 0 Å². The van der Waals surface area contributed by atoms with Crippen molar-refractivity contribution in [2.24, 2.45) is 0 Å². The molecule has 0 aromatic rings. The van der Waals surface area contributed by atoms with E-state index in [1.807, 2.05) is 0 Å². The van der Waals surface area contributed by atoms with Gasteiger partial charge in [0.25, 0.3) is 0 Å². The highest BCUT2D eigenvalue weighted by Gasteiger charge is 2.04. The molecule has 66 valence electrons. The minimum absolute atomic E-state index is 0.201. The number of alkyl halides is 1. The molecule has 0 saturated heterocycles. The Balaban J connectivity index is 3.36. The lowest BCUT2D eigenvalue weighted by Crippen LogP contribution is -1.99. The largest absolute Gasteiger partial charge is 0.118 e. The van der Waals surface area contributed by atoms with Crippen LogP contribution in [0, 0.1) is 0 Å². The van der Waals surface area contributed by atoms with Gasteiger partial charge in [-0.25, -0.2) is 0 Å². The van der Waals surface area contributed by atoms with Gasteiger partial charge in [0, 0.05) is 0 Å². The second kappa shape index (κ2) is 6.72. The lowest BCUT2D eigenvalue weighted by molar-refractivity contribution is 0.695. The summed E-state index contributed by atoms with van der Waals surface area (Å²) in [4.78, 5) is 0. The summed E-state index contributed by atoms with van der Waals surface area (Å²) < 4.78 is 0. The molecule has 0 aromatic heterocycles. The van der Waals surface area contributed by atoms with Crippen LogP contribution < -0.4 is 0 Å². The molecule has 0 spiro atoms. The van der Waals surface area contributed by atoms with E-state index in [0.717, 1.165) is 12.8 Å².